The van der Waals surface area contributed by atoms with Gasteiger partial charge in [-0.2, -0.15) is 0 Å². The molecule has 14 heavy (non-hydrogen) atoms. The largest absolute Gasteiger partial charge is 0.506 e. The zero-order valence-electron chi connectivity index (χ0n) is 8.11. The number of rotatable bonds is 3. The van der Waals surface area contributed by atoms with Gasteiger partial charge in [-0.15, -0.1) is 11.8 Å². The summed E-state index contributed by atoms with van der Waals surface area (Å²) < 4.78 is 4.54. The SMILES string of the molecule is CCSc1cccc(C(=O)OC)c1O. The van der Waals surface area contributed by atoms with Crippen molar-refractivity contribution in [3.8, 4) is 5.75 Å². The van der Waals surface area contributed by atoms with Crippen molar-refractivity contribution in [1.29, 1.82) is 0 Å². The smallest absolute Gasteiger partial charge is 0.341 e. The molecule has 0 aliphatic carbocycles. The fourth-order valence-corrected chi connectivity index (χ4v) is 1.80. The predicted molar refractivity (Wildman–Crippen MR) is 55.8 cm³/mol. The summed E-state index contributed by atoms with van der Waals surface area (Å²) in [7, 11) is 1.29. The molecule has 3 nitrogen and oxygen atoms in total. The van der Waals surface area contributed by atoms with Crippen molar-refractivity contribution in [3.63, 3.8) is 0 Å². The van der Waals surface area contributed by atoms with Gasteiger partial charge in [0.25, 0.3) is 0 Å². The molecule has 0 saturated heterocycles. The van der Waals surface area contributed by atoms with Crippen LogP contribution in [0.5, 0.6) is 5.75 Å². The van der Waals surface area contributed by atoms with E-state index in [1.165, 1.54) is 18.9 Å². The second-order valence-electron chi connectivity index (χ2n) is 2.58. The van der Waals surface area contributed by atoms with E-state index in [0.29, 0.717) is 4.90 Å². The van der Waals surface area contributed by atoms with Gasteiger partial charge in [0, 0.05) is 4.90 Å². The number of thioether (sulfide) groups is 1. The van der Waals surface area contributed by atoms with E-state index in [1.807, 2.05) is 6.92 Å². The molecule has 1 rings (SSSR count). The Morgan fingerprint density at radius 1 is 1.57 bits per heavy atom. The molecule has 0 spiro atoms. The average Bonchev–Trinajstić information content (AvgIpc) is 2.20. The molecule has 0 radical (unpaired) electrons. The second-order valence-corrected chi connectivity index (χ2v) is 3.88. The van der Waals surface area contributed by atoms with Crippen LogP contribution in [0.4, 0.5) is 0 Å². The van der Waals surface area contributed by atoms with E-state index >= 15 is 0 Å². The maximum Gasteiger partial charge on any atom is 0.341 e. The van der Waals surface area contributed by atoms with Gasteiger partial charge in [0.15, 0.2) is 0 Å². The third-order valence-electron chi connectivity index (χ3n) is 1.70. The molecule has 0 aliphatic heterocycles. The van der Waals surface area contributed by atoms with Crippen molar-refractivity contribution in [2.75, 3.05) is 12.9 Å². The molecule has 0 saturated carbocycles. The molecular formula is C10H12O3S. The number of phenols is 1. The van der Waals surface area contributed by atoms with Gasteiger partial charge in [0.1, 0.15) is 11.3 Å². The Hall–Kier alpha value is -1.16. The number of hydrogen-bond acceptors (Lipinski definition) is 4. The first-order valence-corrected chi connectivity index (χ1v) is 5.22. The van der Waals surface area contributed by atoms with Crippen LogP contribution in [-0.2, 0) is 4.74 Å². The van der Waals surface area contributed by atoms with E-state index < -0.39 is 5.97 Å². The van der Waals surface area contributed by atoms with Crippen LogP contribution in [-0.4, -0.2) is 23.9 Å². The lowest BCUT2D eigenvalue weighted by molar-refractivity contribution is 0.0597. The van der Waals surface area contributed by atoms with Gasteiger partial charge in [0.2, 0.25) is 0 Å². The van der Waals surface area contributed by atoms with Gasteiger partial charge in [-0.1, -0.05) is 13.0 Å². The molecule has 0 unspecified atom stereocenters. The normalized spacial score (nSPS) is 9.86. The molecule has 1 aromatic carbocycles. The van der Waals surface area contributed by atoms with Gasteiger partial charge in [-0.3, -0.25) is 0 Å². The summed E-state index contributed by atoms with van der Waals surface area (Å²) in [6, 6.07) is 5.04. The molecule has 0 fully saturated rings. The predicted octanol–water partition coefficient (Wildman–Crippen LogP) is 2.29. The van der Waals surface area contributed by atoms with Gasteiger partial charge in [-0.05, 0) is 17.9 Å². The van der Waals surface area contributed by atoms with Crippen LogP contribution in [0.2, 0.25) is 0 Å². The average molecular weight is 212 g/mol. The summed E-state index contributed by atoms with van der Waals surface area (Å²) in [6.07, 6.45) is 0. The highest BCUT2D eigenvalue weighted by Gasteiger charge is 2.13. The number of ether oxygens (including phenoxy) is 1. The number of esters is 1. The topological polar surface area (TPSA) is 46.5 Å². The molecule has 1 aromatic rings. The van der Waals surface area contributed by atoms with E-state index in [9.17, 15) is 9.90 Å². The standard InChI is InChI=1S/C10H12O3S/c1-3-14-8-6-4-5-7(9(8)11)10(12)13-2/h4-6,11H,3H2,1-2H3. The first-order valence-electron chi connectivity index (χ1n) is 4.23. The van der Waals surface area contributed by atoms with Crippen LogP contribution in [0.15, 0.2) is 23.1 Å². The summed E-state index contributed by atoms with van der Waals surface area (Å²) in [5, 5.41) is 9.70. The number of carbonyl (C=O) groups excluding carboxylic acids is 1. The van der Waals surface area contributed by atoms with E-state index in [4.69, 9.17) is 0 Å². The van der Waals surface area contributed by atoms with Gasteiger partial charge < -0.3 is 9.84 Å². The van der Waals surface area contributed by atoms with Crippen molar-refractivity contribution in [2.24, 2.45) is 0 Å². The Morgan fingerprint density at radius 2 is 2.29 bits per heavy atom. The number of methoxy groups -OCH3 is 1. The minimum atomic E-state index is -0.513. The molecular weight excluding hydrogens is 200 g/mol. The third-order valence-corrected chi connectivity index (χ3v) is 2.63. The summed E-state index contributed by atoms with van der Waals surface area (Å²) in [5.41, 5.74) is 0.214. The molecule has 0 amide bonds. The lowest BCUT2D eigenvalue weighted by Crippen LogP contribution is -2.01. The molecule has 1 N–H and O–H groups in total. The van der Waals surface area contributed by atoms with Gasteiger partial charge >= 0.3 is 5.97 Å². The van der Waals surface area contributed by atoms with Crippen molar-refractivity contribution in [1.82, 2.24) is 0 Å². The van der Waals surface area contributed by atoms with Gasteiger partial charge in [-0.25, -0.2) is 4.79 Å². The van der Waals surface area contributed by atoms with Gasteiger partial charge in [0.05, 0.1) is 7.11 Å². The Kier molecular flexibility index (Phi) is 3.83. The Labute approximate surface area is 87.1 Å². The van der Waals surface area contributed by atoms with Crippen LogP contribution < -0.4 is 0 Å². The van der Waals surface area contributed by atoms with E-state index in [-0.39, 0.29) is 11.3 Å². The third kappa shape index (κ3) is 2.20. The van der Waals surface area contributed by atoms with E-state index in [1.54, 1.807) is 18.2 Å². The number of aromatic hydroxyl groups is 1. The number of benzene rings is 1. The van der Waals surface area contributed by atoms with Crippen LogP contribution in [0.3, 0.4) is 0 Å². The highest BCUT2D eigenvalue weighted by Crippen LogP contribution is 2.31. The Morgan fingerprint density at radius 3 is 2.86 bits per heavy atom. The van der Waals surface area contributed by atoms with E-state index in [0.717, 1.165) is 5.75 Å². The highest BCUT2D eigenvalue weighted by atomic mass is 32.2. The van der Waals surface area contributed by atoms with Crippen LogP contribution in [0.25, 0.3) is 0 Å². The zero-order chi connectivity index (χ0) is 10.6. The first-order chi connectivity index (χ1) is 6.70. The van der Waals surface area contributed by atoms with Crippen LogP contribution >= 0.6 is 11.8 Å². The molecule has 0 aliphatic rings. The number of para-hydroxylation sites is 1. The lowest BCUT2D eigenvalue weighted by Gasteiger charge is -2.06. The second kappa shape index (κ2) is 4.91. The minimum Gasteiger partial charge on any atom is -0.506 e. The Bertz CT molecular complexity index is 336. The molecule has 76 valence electrons. The summed E-state index contributed by atoms with van der Waals surface area (Å²) in [6.45, 7) is 1.98. The van der Waals surface area contributed by atoms with Crippen molar-refractivity contribution in [3.05, 3.63) is 23.8 Å². The number of hydrogen-bond donors (Lipinski definition) is 1. The molecule has 0 atom stereocenters. The quantitative estimate of drug-likeness (QED) is 0.617. The maximum atomic E-state index is 11.2. The molecule has 0 bridgehead atoms. The fraction of sp³-hybridized carbons (Fsp3) is 0.300. The summed E-state index contributed by atoms with van der Waals surface area (Å²) >= 11 is 1.49. The van der Waals surface area contributed by atoms with Crippen LogP contribution in [0.1, 0.15) is 17.3 Å². The first kappa shape index (κ1) is 10.9. The molecule has 0 aromatic heterocycles. The monoisotopic (exact) mass is 212 g/mol. The number of carbonyl (C=O) groups is 1. The zero-order valence-corrected chi connectivity index (χ0v) is 8.93. The molecule has 4 heteroatoms. The summed E-state index contributed by atoms with van der Waals surface area (Å²) in [4.78, 5) is 11.9. The van der Waals surface area contributed by atoms with Crippen LogP contribution in [0, 0.1) is 0 Å². The summed E-state index contributed by atoms with van der Waals surface area (Å²) in [5.74, 6) is 0.338. The fourth-order valence-electron chi connectivity index (χ4n) is 1.07. The van der Waals surface area contributed by atoms with E-state index in [2.05, 4.69) is 4.74 Å². The highest BCUT2D eigenvalue weighted by molar-refractivity contribution is 7.99. The Balaban J connectivity index is 3.07. The van der Waals surface area contributed by atoms with Crippen molar-refractivity contribution < 1.29 is 14.6 Å². The molecule has 0 heterocycles. The van der Waals surface area contributed by atoms with Crippen molar-refractivity contribution >= 4 is 17.7 Å². The number of phenolic OH excluding ortho intramolecular Hbond substituents is 1. The van der Waals surface area contributed by atoms with Crippen molar-refractivity contribution in [2.45, 2.75) is 11.8 Å². The maximum absolute atomic E-state index is 11.2. The lowest BCUT2D eigenvalue weighted by atomic mass is 10.2. The minimum absolute atomic E-state index is 0.00574.